The van der Waals surface area contributed by atoms with Crippen LogP contribution in [0.25, 0.3) is 0 Å². The smallest absolute Gasteiger partial charge is 0.242 e. The number of sulfonamides is 1. The summed E-state index contributed by atoms with van der Waals surface area (Å²) in [6.45, 7) is 5.60. The lowest BCUT2D eigenvalue weighted by Gasteiger charge is -2.15. The molecule has 20 heavy (non-hydrogen) atoms. The van der Waals surface area contributed by atoms with Gasteiger partial charge in [-0.05, 0) is 31.0 Å². The first-order valence-corrected chi connectivity index (χ1v) is 7.98. The van der Waals surface area contributed by atoms with E-state index >= 15 is 0 Å². The molecule has 1 unspecified atom stereocenters. The predicted molar refractivity (Wildman–Crippen MR) is 80.1 cm³/mol. The van der Waals surface area contributed by atoms with Crippen molar-refractivity contribution in [3.8, 4) is 0 Å². The molecule has 0 heterocycles. The van der Waals surface area contributed by atoms with Crippen molar-refractivity contribution in [1.82, 2.24) is 4.31 Å². The van der Waals surface area contributed by atoms with Crippen molar-refractivity contribution in [2.75, 3.05) is 19.4 Å². The van der Waals surface area contributed by atoms with E-state index < -0.39 is 10.0 Å². The number of rotatable bonds is 5. The Kier molecular flexibility index (Phi) is 5.30. The van der Waals surface area contributed by atoms with Crippen LogP contribution >= 0.6 is 0 Å². The van der Waals surface area contributed by atoms with Gasteiger partial charge in [-0.15, -0.1) is 0 Å². The number of nitrogens with one attached hydrogen (secondary N) is 1. The fourth-order valence-corrected chi connectivity index (χ4v) is 2.48. The largest absolute Gasteiger partial charge is 0.326 e. The Balaban J connectivity index is 3.14. The topological polar surface area (TPSA) is 66.5 Å². The highest BCUT2D eigenvalue weighted by atomic mass is 32.2. The van der Waals surface area contributed by atoms with Gasteiger partial charge < -0.3 is 5.32 Å². The average molecular weight is 298 g/mol. The van der Waals surface area contributed by atoms with Crippen LogP contribution in [0.1, 0.15) is 25.8 Å². The van der Waals surface area contributed by atoms with Gasteiger partial charge in [0.2, 0.25) is 15.9 Å². The lowest BCUT2D eigenvalue weighted by Crippen LogP contribution is -2.23. The van der Waals surface area contributed by atoms with Crippen LogP contribution < -0.4 is 5.32 Å². The van der Waals surface area contributed by atoms with Crippen molar-refractivity contribution in [3.63, 3.8) is 0 Å². The van der Waals surface area contributed by atoms with E-state index in [0.717, 1.165) is 16.3 Å². The van der Waals surface area contributed by atoms with E-state index in [-0.39, 0.29) is 16.7 Å². The third-order valence-corrected chi connectivity index (χ3v) is 5.12. The van der Waals surface area contributed by atoms with Crippen LogP contribution in [0.5, 0.6) is 0 Å². The molecule has 5 nitrogen and oxygen atoms in total. The average Bonchev–Trinajstić information content (AvgIpc) is 2.39. The van der Waals surface area contributed by atoms with Crippen LogP contribution in [0.4, 0.5) is 5.69 Å². The van der Waals surface area contributed by atoms with Gasteiger partial charge >= 0.3 is 0 Å². The van der Waals surface area contributed by atoms with Gasteiger partial charge in [-0.25, -0.2) is 12.7 Å². The number of hydrogen-bond acceptors (Lipinski definition) is 3. The number of hydrogen-bond donors (Lipinski definition) is 1. The van der Waals surface area contributed by atoms with Crippen LogP contribution in [-0.4, -0.2) is 32.7 Å². The summed E-state index contributed by atoms with van der Waals surface area (Å²) >= 11 is 0. The van der Waals surface area contributed by atoms with Crippen LogP contribution in [-0.2, 0) is 14.8 Å². The van der Waals surface area contributed by atoms with Gasteiger partial charge in [-0.3, -0.25) is 4.79 Å². The molecule has 0 aliphatic carbocycles. The van der Waals surface area contributed by atoms with Gasteiger partial charge in [0, 0.05) is 25.7 Å². The fraction of sp³-hybridized carbons (Fsp3) is 0.500. The number of carbonyl (C=O) groups is 1. The minimum Gasteiger partial charge on any atom is -0.326 e. The van der Waals surface area contributed by atoms with Gasteiger partial charge in [0.05, 0.1) is 4.90 Å². The molecule has 6 heteroatoms. The first kappa shape index (κ1) is 16.7. The van der Waals surface area contributed by atoms with E-state index in [1.165, 1.54) is 20.2 Å². The molecule has 0 aromatic heterocycles. The van der Waals surface area contributed by atoms with Gasteiger partial charge in [-0.1, -0.05) is 19.9 Å². The molecule has 0 radical (unpaired) electrons. The first-order valence-electron chi connectivity index (χ1n) is 6.54. The standard InChI is InChI=1S/C14H22N2O3S/c1-6-10(2)14(17)15-13-9-12(8-7-11(13)3)20(18,19)16(4)5/h7-10H,6H2,1-5H3,(H,15,17). The van der Waals surface area contributed by atoms with Crippen molar-refractivity contribution in [3.05, 3.63) is 23.8 Å². The van der Waals surface area contributed by atoms with Crippen LogP contribution in [0.3, 0.4) is 0 Å². The molecule has 112 valence electrons. The summed E-state index contributed by atoms with van der Waals surface area (Å²) < 4.78 is 25.3. The molecular formula is C14H22N2O3S. The summed E-state index contributed by atoms with van der Waals surface area (Å²) in [4.78, 5) is 12.1. The van der Waals surface area contributed by atoms with E-state index in [0.29, 0.717) is 5.69 Å². The Labute approximate surface area is 121 Å². The number of anilines is 1. The van der Waals surface area contributed by atoms with Gasteiger partial charge in [0.1, 0.15) is 0 Å². The molecular weight excluding hydrogens is 276 g/mol. The van der Waals surface area contributed by atoms with Crippen molar-refractivity contribution >= 4 is 21.6 Å². The zero-order valence-corrected chi connectivity index (χ0v) is 13.4. The zero-order valence-electron chi connectivity index (χ0n) is 12.6. The minimum atomic E-state index is -3.50. The third-order valence-electron chi connectivity index (χ3n) is 3.31. The third kappa shape index (κ3) is 3.58. The minimum absolute atomic E-state index is 0.102. The number of aryl methyl sites for hydroxylation is 1. The van der Waals surface area contributed by atoms with Gasteiger partial charge in [0.25, 0.3) is 0 Å². The maximum absolute atomic E-state index is 12.1. The quantitative estimate of drug-likeness (QED) is 0.906. The Morgan fingerprint density at radius 1 is 1.35 bits per heavy atom. The SMILES string of the molecule is CCC(C)C(=O)Nc1cc(S(=O)(=O)N(C)C)ccc1C. The molecule has 0 bridgehead atoms. The normalized spacial score (nSPS) is 13.3. The first-order chi connectivity index (χ1) is 9.20. The van der Waals surface area contributed by atoms with Crippen molar-refractivity contribution in [2.45, 2.75) is 32.1 Å². The number of amides is 1. The van der Waals surface area contributed by atoms with E-state index in [1.54, 1.807) is 12.1 Å². The molecule has 0 saturated heterocycles. The monoisotopic (exact) mass is 298 g/mol. The highest BCUT2D eigenvalue weighted by Crippen LogP contribution is 2.22. The molecule has 1 atom stereocenters. The molecule has 0 fully saturated rings. The van der Waals surface area contributed by atoms with Crippen molar-refractivity contribution in [2.24, 2.45) is 5.92 Å². The summed E-state index contributed by atoms with van der Waals surface area (Å²) in [5, 5.41) is 2.79. The van der Waals surface area contributed by atoms with Crippen LogP contribution in [0.15, 0.2) is 23.1 Å². The Bertz CT molecular complexity index is 594. The summed E-state index contributed by atoms with van der Waals surface area (Å²) in [5.74, 6) is -0.210. The van der Waals surface area contributed by atoms with E-state index in [1.807, 2.05) is 20.8 Å². The highest BCUT2D eigenvalue weighted by Gasteiger charge is 2.19. The second-order valence-corrected chi connectivity index (χ2v) is 7.21. The predicted octanol–water partition coefficient (Wildman–Crippen LogP) is 2.23. The molecule has 1 amide bonds. The van der Waals surface area contributed by atoms with E-state index in [4.69, 9.17) is 0 Å². The highest BCUT2D eigenvalue weighted by molar-refractivity contribution is 7.89. The summed E-state index contributed by atoms with van der Waals surface area (Å²) in [6.07, 6.45) is 0.737. The van der Waals surface area contributed by atoms with Crippen molar-refractivity contribution < 1.29 is 13.2 Å². The maximum atomic E-state index is 12.1. The molecule has 0 aliphatic rings. The van der Waals surface area contributed by atoms with Gasteiger partial charge in [-0.2, -0.15) is 0 Å². The van der Waals surface area contributed by atoms with E-state index in [9.17, 15) is 13.2 Å². The second kappa shape index (κ2) is 6.37. The summed E-state index contributed by atoms with van der Waals surface area (Å²) in [6, 6.07) is 4.75. The number of benzene rings is 1. The van der Waals surface area contributed by atoms with Crippen molar-refractivity contribution in [1.29, 1.82) is 0 Å². The molecule has 1 aromatic carbocycles. The Hall–Kier alpha value is -1.40. The molecule has 0 saturated carbocycles. The fourth-order valence-electron chi connectivity index (χ4n) is 1.55. The number of nitrogens with zero attached hydrogens (tertiary/aromatic N) is 1. The van der Waals surface area contributed by atoms with E-state index in [2.05, 4.69) is 5.32 Å². The molecule has 1 rings (SSSR count). The lowest BCUT2D eigenvalue weighted by atomic mass is 10.1. The lowest BCUT2D eigenvalue weighted by molar-refractivity contribution is -0.119. The van der Waals surface area contributed by atoms with Crippen LogP contribution in [0.2, 0.25) is 0 Å². The summed E-state index contributed by atoms with van der Waals surface area (Å²) in [7, 11) is -0.538. The zero-order chi connectivity index (χ0) is 15.5. The second-order valence-electron chi connectivity index (χ2n) is 5.06. The maximum Gasteiger partial charge on any atom is 0.242 e. The van der Waals surface area contributed by atoms with Gasteiger partial charge in [0.15, 0.2) is 0 Å². The Morgan fingerprint density at radius 2 is 1.95 bits per heavy atom. The number of carbonyl (C=O) groups excluding carboxylic acids is 1. The Morgan fingerprint density at radius 3 is 2.45 bits per heavy atom. The van der Waals surface area contributed by atoms with Crippen LogP contribution in [0, 0.1) is 12.8 Å². The molecule has 0 aliphatic heterocycles. The molecule has 1 N–H and O–H groups in total. The summed E-state index contributed by atoms with van der Waals surface area (Å²) in [5.41, 5.74) is 1.37. The molecule has 1 aromatic rings. The molecule has 0 spiro atoms.